The molecule has 0 atom stereocenters. The van der Waals surface area contributed by atoms with E-state index in [0.29, 0.717) is 6.54 Å². The second-order valence-corrected chi connectivity index (χ2v) is 7.09. The van der Waals surface area contributed by atoms with Crippen molar-refractivity contribution in [1.29, 1.82) is 5.26 Å². The van der Waals surface area contributed by atoms with E-state index in [4.69, 9.17) is 4.74 Å². The third kappa shape index (κ3) is 2.66. The van der Waals surface area contributed by atoms with E-state index in [1.54, 1.807) is 4.90 Å². The lowest BCUT2D eigenvalue weighted by Crippen LogP contribution is -2.40. The van der Waals surface area contributed by atoms with E-state index >= 15 is 0 Å². The third-order valence-electron chi connectivity index (χ3n) is 4.10. The molecule has 5 nitrogen and oxygen atoms in total. The number of carbonyl (C=O) groups is 1. The lowest BCUT2D eigenvalue weighted by atomic mass is 10.0. The van der Waals surface area contributed by atoms with Crippen molar-refractivity contribution < 1.29 is 9.53 Å². The van der Waals surface area contributed by atoms with Crippen LogP contribution in [0.1, 0.15) is 51.4 Å². The maximum atomic E-state index is 12.4. The fourth-order valence-electron chi connectivity index (χ4n) is 2.77. The highest BCUT2D eigenvalue weighted by molar-refractivity contribution is 5.89. The number of aromatic nitrogens is 1. The second-order valence-electron chi connectivity index (χ2n) is 7.09. The first-order chi connectivity index (χ1) is 10.3. The van der Waals surface area contributed by atoms with Gasteiger partial charge in [-0.2, -0.15) is 5.26 Å². The fraction of sp³-hybridized carbons (Fsp3) is 0.588. The summed E-state index contributed by atoms with van der Waals surface area (Å²) >= 11 is 0. The Kier molecular flexibility index (Phi) is 3.36. The maximum absolute atomic E-state index is 12.4. The van der Waals surface area contributed by atoms with Crippen molar-refractivity contribution >= 4 is 11.8 Å². The molecular formula is C17H21N3O2. The van der Waals surface area contributed by atoms with Crippen molar-refractivity contribution in [3.05, 3.63) is 23.5 Å². The van der Waals surface area contributed by atoms with Gasteiger partial charge in [-0.05, 0) is 58.6 Å². The van der Waals surface area contributed by atoms with E-state index in [9.17, 15) is 10.1 Å². The van der Waals surface area contributed by atoms with Crippen molar-refractivity contribution in [2.75, 3.05) is 11.4 Å². The first-order valence-electron chi connectivity index (χ1n) is 7.77. The summed E-state index contributed by atoms with van der Waals surface area (Å²) in [6.45, 7) is 6.23. The zero-order valence-corrected chi connectivity index (χ0v) is 13.3. The maximum Gasteiger partial charge on any atom is 0.414 e. The van der Waals surface area contributed by atoms with Gasteiger partial charge in [0.2, 0.25) is 0 Å². The molecule has 5 heteroatoms. The molecule has 0 radical (unpaired) electrons. The highest BCUT2D eigenvalue weighted by Gasteiger charge is 2.46. The lowest BCUT2D eigenvalue weighted by Gasteiger charge is -2.31. The molecule has 2 heterocycles. The lowest BCUT2D eigenvalue weighted by molar-refractivity contribution is 0.0577. The van der Waals surface area contributed by atoms with Crippen molar-refractivity contribution in [3.8, 4) is 6.07 Å². The number of hydrogen-bond donors (Lipinski definition) is 0. The Hall–Kier alpha value is -2.09. The predicted molar refractivity (Wildman–Crippen MR) is 82.7 cm³/mol. The number of aryl methyl sites for hydroxylation is 1. The minimum Gasteiger partial charge on any atom is -0.443 e. The Morgan fingerprint density at radius 3 is 2.73 bits per heavy atom. The van der Waals surface area contributed by atoms with E-state index in [0.717, 1.165) is 42.8 Å². The minimum atomic E-state index is -0.513. The zero-order valence-electron chi connectivity index (χ0n) is 13.3. The van der Waals surface area contributed by atoms with Crippen LogP contribution in [0.25, 0.3) is 0 Å². The molecule has 1 amide bonds. The molecule has 116 valence electrons. The van der Waals surface area contributed by atoms with Gasteiger partial charge in [-0.15, -0.1) is 0 Å². The largest absolute Gasteiger partial charge is 0.443 e. The van der Waals surface area contributed by atoms with E-state index in [-0.39, 0.29) is 11.5 Å². The third-order valence-corrected chi connectivity index (χ3v) is 4.10. The van der Waals surface area contributed by atoms with Gasteiger partial charge in [-0.3, -0.25) is 9.88 Å². The van der Waals surface area contributed by atoms with E-state index in [1.807, 2.05) is 32.9 Å². The van der Waals surface area contributed by atoms with Crippen LogP contribution < -0.4 is 4.90 Å². The average Bonchev–Trinajstić information content (AvgIpc) is 3.25. The van der Waals surface area contributed by atoms with Crippen molar-refractivity contribution in [1.82, 2.24) is 4.98 Å². The number of nitrogens with zero attached hydrogens (tertiary/aromatic N) is 3. The van der Waals surface area contributed by atoms with Crippen LogP contribution in [0.5, 0.6) is 0 Å². The molecule has 0 N–H and O–H groups in total. The van der Waals surface area contributed by atoms with E-state index in [2.05, 4.69) is 11.1 Å². The van der Waals surface area contributed by atoms with Gasteiger partial charge in [0.1, 0.15) is 5.60 Å². The molecule has 1 aromatic rings. The fourth-order valence-corrected chi connectivity index (χ4v) is 2.77. The highest BCUT2D eigenvalue weighted by atomic mass is 16.6. The molecule has 1 saturated carbocycles. The normalized spacial score (nSPS) is 19.1. The smallest absolute Gasteiger partial charge is 0.414 e. The number of fused-ring (bicyclic) bond motifs is 1. The summed E-state index contributed by atoms with van der Waals surface area (Å²) in [6, 6.07) is 6.17. The highest BCUT2D eigenvalue weighted by Crippen LogP contribution is 2.47. The molecule has 0 bridgehead atoms. The van der Waals surface area contributed by atoms with Gasteiger partial charge in [-0.1, -0.05) is 0 Å². The molecular weight excluding hydrogens is 278 g/mol. The summed E-state index contributed by atoms with van der Waals surface area (Å²) in [6.07, 6.45) is 3.13. The summed E-state index contributed by atoms with van der Waals surface area (Å²) in [4.78, 5) is 18.7. The van der Waals surface area contributed by atoms with Crippen LogP contribution in [0.2, 0.25) is 0 Å². The Morgan fingerprint density at radius 2 is 2.14 bits per heavy atom. The van der Waals surface area contributed by atoms with E-state index < -0.39 is 5.60 Å². The number of rotatable bonds is 1. The summed E-state index contributed by atoms with van der Waals surface area (Å²) in [5.41, 5.74) is 1.67. The number of anilines is 1. The van der Waals surface area contributed by atoms with Crippen LogP contribution in [0.4, 0.5) is 10.5 Å². The van der Waals surface area contributed by atoms with Crippen LogP contribution >= 0.6 is 0 Å². The average molecular weight is 299 g/mol. The Bertz CT molecular complexity index is 651. The Morgan fingerprint density at radius 1 is 1.41 bits per heavy atom. The molecule has 0 aromatic carbocycles. The monoisotopic (exact) mass is 299 g/mol. The molecule has 1 fully saturated rings. The second kappa shape index (κ2) is 4.98. The first-order valence-corrected chi connectivity index (χ1v) is 7.77. The SMILES string of the molecule is CC(C)(C)OC(=O)N1CCCc2nc(C3(C#N)CC3)ccc21. The number of carbonyl (C=O) groups excluding carboxylic acids is 1. The van der Waals surface area contributed by atoms with Gasteiger partial charge < -0.3 is 4.74 Å². The molecule has 1 aromatic heterocycles. The number of hydrogen-bond acceptors (Lipinski definition) is 4. The molecule has 22 heavy (non-hydrogen) atoms. The number of nitriles is 1. The van der Waals surface area contributed by atoms with Crippen LogP contribution in [-0.4, -0.2) is 23.2 Å². The minimum absolute atomic E-state index is 0.329. The molecule has 2 aliphatic rings. The molecule has 3 rings (SSSR count). The Balaban J connectivity index is 1.88. The van der Waals surface area contributed by atoms with Crippen LogP contribution in [0, 0.1) is 11.3 Å². The van der Waals surface area contributed by atoms with E-state index in [1.165, 1.54) is 0 Å². The summed E-state index contributed by atoms with van der Waals surface area (Å²) in [5.74, 6) is 0. The standard InChI is InChI=1S/C17H21N3O2/c1-16(2,3)22-15(21)20-10-4-5-12-13(20)6-7-14(19-12)17(11-18)8-9-17/h6-7H,4-5,8-10H2,1-3H3. The molecule has 1 aliphatic heterocycles. The van der Waals surface area contributed by atoms with Gasteiger partial charge in [0.15, 0.2) is 0 Å². The molecule has 0 spiro atoms. The summed E-state index contributed by atoms with van der Waals surface area (Å²) < 4.78 is 5.47. The van der Waals surface area contributed by atoms with Gasteiger partial charge >= 0.3 is 6.09 Å². The number of ether oxygens (including phenoxy) is 1. The Labute approximate surface area is 130 Å². The predicted octanol–water partition coefficient (Wildman–Crippen LogP) is 3.32. The van der Waals surface area contributed by atoms with Gasteiger partial charge in [0.05, 0.1) is 28.6 Å². The van der Waals surface area contributed by atoms with Crippen LogP contribution in [-0.2, 0) is 16.6 Å². The van der Waals surface area contributed by atoms with Crippen LogP contribution in [0.3, 0.4) is 0 Å². The first kappa shape index (κ1) is 14.8. The molecule has 1 aliphatic carbocycles. The van der Waals surface area contributed by atoms with Gasteiger partial charge in [-0.25, -0.2) is 4.79 Å². The molecule has 0 unspecified atom stereocenters. The topological polar surface area (TPSA) is 66.2 Å². The zero-order chi connectivity index (χ0) is 16.0. The van der Waals surface area contributed by atoms with Crippen molar-refractivity contribution in [2.45, 2.75) is 57.5 Å². The summed E-state index contributed by atoms with van der Waals surface area (Å²) in [7, 11) is 0. The number of pyridine rings is 1. The van der Waals surface area contributed by atoms with Crippen molar-refractivity contribution in [3.63, 3.8) is 0 Å². The summed E-state index contributed by atoms with van der Waals surface area (Å²) in [5, 5.41) is 9.31. The van der Waals surface area contributed by atoms with Gasteiger partial charge in [0.25, 0.3) is 0 Å². The van der Waals surface area contributed by atoms with Crippen molar-refractivity contribution in [2.24, 2.45) is 0 Å². The number of amides is 1. The van der Waals surface area contributed by atoms with Gasteiger partial charge in [0, 0.05) is 6.54 Å². The molecule has 0 saturated heterocycles. The quantitative estimate of drug-likeness (QED) is 0.797. The van der Waals surface area contributed by atoms with Crippen LogP contribution in [0.15, 0.2) is 12.1 Å².